The number of carbonyl (C=O) groups excluding carboxylic acids is 2. The molecule has 1 aliphatic carbocycles. The molecule has 2 aliphatic rings. The van der Waals surface area contributed by atoms with Gasteiger partial charge in [0.1, 0.15) is 0 Å². The summed E-state index contributed by atoms with van der Waals surface area (Å²) in [6, 6.07) is 11.6. The largest absolute Gasteiger partial charge is 0.315 e. The van der Waals surface area contributed by atoms with E-state index in [2.05, 4.69) is 0 Å². The number of rotatable bonds is 4. The first-order valence-electron chi connectivity index (χ1n) is 9.78. The van der Waals surface area contributed by atoms with Crippen molar-refractivity contribution in [1.29, 1.82) is 0 Å². The van der Waals surface area contributed by atoms with Gasteiger partial charge in [-0.1, -0.05) is 35.3 Å². The van der Waals surface area contributed by atoms with E-state index in [4.69, 9.17) is 0 Å². The molecule has 152 valence electrons. The highest BCUT2D eigenvalue weighted by Crippen LogP contribution is 2.43. The second-order valence-electron chi connectivity index (χ2n) is 8.07. The van der Waals surface area contributed by atoms with Crippen LogP contribution in [0, 0.1) is 16.0 Å². The van der Waals surface area contributed by atoms with Crippen LogP contribution < -0.4 is 0 Å². The van der Waals surface area contributed by atoms with Gasteiger partial charge in [-0.05, 0) is 43.9 Å². The Hall–Kier alpha value is -3.52. The number of ketones is 2. The molecule has 0 saturated heterocycles. The molecule has 8 nitrogen and oxygen atoms in total. The van der Waals surface area contributed by atoms with Crippen LogP contribution in [-0.2, 0) is 11.5 Å². The smallest absolute Gasteiger partial charge is 0.177 e. The summed E-state index contributed by atoms with van der Waals surface area (Å²) in [5, 5.41) is 14.6. The van der Waals surface area contributed by atoms with Gasteiger partial charge in [0.25, 0.3) is 0 Å². The number of aromatic nitrogens is 1. The van der Waals surface area contributed by atoms with Crippen molar-refractivity contribution in [3.8, 4) is 0 Å². The summed E-state index contributed by atoms with van der Waals surface area (Å²) < 4.78 is 1.73. The fourth-order valence-electron chi connectivity index (χ4n) is 4.59. The summed E-state index contributed by atoms with van der Waals surface area (Å²) in [4.78, 5) is 40.3. The van der Waals surface area contributed by atoms with Gasteiger partial charge in [-0.2, -0.15) is 0 Å². The number of benzene rings is 2. The molecule has 0 bridgehead atoms. The van der Waals surface area contributed by atoms with E-state index in [0.717, 1.165) is 26.7 Å². The van der Waals surface area contributed by atoms with E-state index in [0.29, 0.717) is 24.2 Å². The maximum atomic E-state index is 13.6. The summed E-state index contributed by atoms with van der Waals surface area (Å²) in [6.07, 6.45) is 1.66. The van der Waals surface area contributed by atoms with E-state index in [9.17, 15) is 19.7 Å². The molecule has 5 rings (SSSR count). The zero-order valence-corrected chi connectivity index (χ0v) is 16.7. The molecule has 2 aromatic carbocycles. The zero-order chi connectivity index (χ0) is 21.2. The highest BCUT2D eigenvalue weighted by atomic mass is 16.7. The number of hydrogen-bond donors (Lipinski definition) is 0. The van der Waals surface area contributed by atoms with Gasteiger partial charge in [0.15, 0.2) is 23.3 Å². The van der Waals surface area contributed by atoms with Crippen LogP contribution in [0.5, 0.6) is 0 Å². The first-order valence-corrected chi connectivity index (χ1v) is 9.78. The van der Waals surface area contributed by atoms with Crippen molar-refractivity contribution in [2.75, 3.05) is 20.6 Å². The van der Waals surface area contributed by atoms with E-state index >= 15 is 0 Å². The van der Waals surface area contributed by atoms with Crippen LogP contribution in [-0.4, -0.2) is 51.7 Å². The van der Waals surface area contributed by atoms with Crippen LogP contribution in [0.15, 0.2) is 42.6 Å². The Morgan fingerprint density at radius 2 is 1.90 bits per heavy atom. The molecule has 1 aromatic heterocycles. The number of nitrogens with zero attached hydrogens (tertiary/aromatic N) is 4. The SMILES string of the molecule is CN(C)CCC1C(=O)C2=CN([N+](=O)[O-])Cn3c2c(c2c4ccccc4ccc23)C1=O. The molecule has 1 aliphatic heterocycles. The molecule has 1 unspecified atom stereocenters. The Kier molecular flexibility index (Phi) is 4.01. The zero-order valence-electron chi connectivity index (χ0n) is 16.7. The predicted octanol–water partition coefficient (Wildman–Crippen LogP) is 2.93. The van der Waals surface area contributed by atoms with Gasteiger partial charge in [0.05, 0.1) is 34.5 Å². The molecule has 0 fully saturated rings. The van der Waals surface area contributed by atoms with E-state index in [1.54, 1.807) is 4.57 Å². The van der Waals surface area contributed by atoms with Gasteiger partial charge < -0.3 is 9.47 Å². The van der Waals surface area contributed by atoms with E-state index in [1.807, 2.05) is 55.4 Å². The number of Topliss-reactive ketones (excluding diaryl/α,β-unsaturated/α-hetero) is 2. The topological polar surface area (TPSA) is 88.7 Å². The first kappa shape index (κ1) is 18.5. The lowest BCUT2D eigenvalue weighted by Gasteiger charge is -2.28. The highest BCUT2D eigenvalue weighted by molar-refractivity contribution is 6.38. The Morgan fingerprint density at radius 1 is 1.13 bits per heavy atom. The molecule has 0 spiro atoms. The van der Waals surface area contributed by atoms with Crippen LogP contribution in [0.25, 0.3) is 27.2 Å². The minimum absolute atomic E-state index is 0.0520. The Bertz CT molecular complexity index is 1290. The minimum atomic E-state index is -0.837. The molecular weight excluding hydrogens is 384 g/mol. The minimum Gasteiger partial charge on any atom is -0.315 e. The molecule has 1 atom stereocenters. The summed E-state index contributed by atoms with van der Waals surface area (Å²) in [5.41, 5.74) is 2.00. The van der Waals surface area contributed by atoms with Crippen molar-refractivity contribution >= 4 is 38.8 Å². The standard InChI is InChI=1S/C22H20N4O4/c1-23(2)10-9-15-21(27)16-11-24(26(29)30)12-25-17-8-7-13-5-3-4-6-14(13)18(17)19(20(16)25)22(15)28/h3-8,11,15H,9-10,12H2,1-2H3. The van der Waals surface area contributed by atoms with Gasteiger partial charge in [0, 0.05) is 5.39 Å². The maximum Gasteiger partial charge on any atom is 0.177 e. The van der Waals surface area contributed by atoms with Crippen molar-refractivity contribution < 1.29 is 14.6 Å². The lowest BCUT2D eigenvalue weighted by atomic mass is 9.78. The fourth-order valence-corrected chi connectivity index (χ4v) is 4.59. The molecule has 8 heteroatoms. The number of hydrazine groups is 1. The summed E-state index contributed by atoms with van der Waals surface area (Å²) >= 11 is 0. The Labute approximate surface area is 172 Å². The second kappa shape index (κ2) is 6.50. The number of fused-ring (bicyclic) bond motifs is 5. The summed E-state index contributed by atoms with van der Waals surface area (Å²) in [7, 11) is 3.77. The third-order valence-electron chi connectivity index (χ3n) is 5.99. The number of hydrogen-bond acceptors (Lipinski definition) is 5. The van der Waals surface area contributed by atoms with E-state index in [1.165, 1.54) is 6.20 Å². The molecule has 0 saturated carbocycles. The highest BCUT2D eigenvalue weighted by Gasteiger charge is 2.44. The maximum absolute atomic E-state index is 13.6. The van der Waals surface area contributed by atoms with Gasteiger partial charge in [-0.3, -0.25) is 9.59 Å². The van der Waals surface area contributed by atoms with Crippen molar-refractivity contribution in [1.82, 2.24) is 14.5 Å². The van der Waals surface area contributed by atoms with E-state index < -0.39 is 11.0 Å². The molecule has 0 N–H and O–H groups in total. The van der Waals surface area contributed by atoms with Gasteiger partial charge in [-0.25, -0.2) is 10.1 Å². The Balaban J connectivity index is 1.84. The van der Waals surface area contributed by atoms with Crippen molar-refractivity contribution in [3.63, 3.8) is 0 Å². The van der Waals surface area contributed by atoms with Gasteiger partial charge in [0.2, 0.25) is 0 Å². The number of nitro groups is 1. The van der Waals surface area contributed by atoms with Crippen molar-refractivity contribution in [2.45, 2.75) is 13.1 Å². The van der Waals surface area contributed by atoms with Crippen molar-refractivity contribution in [2.24, 2.45) is 5.92 Å². The first-order chi connectivity index (χ1) is 14.4. The quantitative estimate of drug-likeness (QED) is 0.377. The molecule has 0 amide bonds. The number of carbonyl (C=O) groups is 2. The van der Waals surface area contributed by atoms with Crippen LogP contribution >= 0.6 is 0 Å². The van der Waals surface area contributed by atoms with Gasteiger partial charge in [-0.15, -0.1) is 0 Å². The molecule has 30 heavy (non-hydrogen) atoms. The third-order valence-corrected chi connectivity index (χ3v) is 5.99. The van der Waals surface area contributed by atoms with Crippen LogP contribution in [0.4, 0.5) is 0 Å². The summed E-state index contributed by atoms with van der Waals surface area (Å²) in [6.45, 7) is 0.521. The average molecular weight is 404 g/mol. The third kappa shape index (κ3) is 2.50. The number of allylic oxidation sites excluding steroid dienone is 1. The molecular formula is C22H20N4O4. The fraction of sp³-hybridized carbons (Fsp3) is 0.273. The van der Waals surface area contributed by atoms with Crippen molar-refractivity contribution in [3.05, 3.63) is 64.0 Å². The van der Waals surface area contributed by atoms with Crippen LogP contribution in [0.3, 0.4) is 0 Å². The monoisotopic (exact) mass is 404 g/mol. The van der Waals surface area contributed by atoms with Gasteiger partial charge >= 0.3 is 0 Å². The lowest BCUT2D eigenvalue weighted by molar-refractivity contribution is -0.647. The molecule has 2 heterocycles. The lowest BCUT2D eigenvalue weighted by Crippen LogP contribution is -2.39. The second-order valence-corrected chi connectivity index (χ2v) is 8.07. The van der Waals surface area contributed by atoms with Crippen LogP contribution in [0.1, 0.15) is 22.5 Å². The van der Waals surface area contributed by atoms with E-state index in [-0.39, 0.29) is 23.8 Å². The predicted molar refractivity (Wildman–Crippen MR) is 112 cm³/mol. The average Bonchev–Trinajstić information content (AvgIpc) is 3.07. The molecule has 3 aromatic rings. The normalized spacial score (nSPS) is 18.3. The molecule has 0 radical (unpaired) electrons. The summed E-state index contributed by atoms with van der Waals surface area (Å²) in [5.74, 6) is -1.37. The van der Waals surface area contributed by atoms with Crippen LogP contribution in [0.2, 0.25) is 0 Å². The Morgan fingerprint density at radius 3 is 2.63 bits per heavy atom.